The topological polar surface area (TPSA) is 67.0 Å². The maximum Gasteiger partial charge on any atom is 0.259 e. The Morgan fingerprint density at radius 3 is 2.50 bits per heavy atom. The Kier molecular flexibility index (Phi) is 5.09. The Bertz CT molecular complexity index is 1260. The first kappa shape index (κ1) is 19.4. The summed E-state index contributed by atoms with van der Waals surface area (Å²) >= 11 is 0. The van der Waals surface area contributed by atoms with E-state index in [0.717, 1.165) is 6.07 Å². The number of rotatable bonds is 5. The van der Waals surface area contributed by atoms with Gasteiger partial charge in [0, 0.05) is 17.0 Å². The molecule has 0 saturated carbocycles. The summed E-state index contributed by atoms with van der Waals surface area (Å²) in [6, 6.07) is 11.4. The number of hydrogen-bond donors (Lipinski definition) is 2. The van der Waals surface area contributed by atoms with Gasteiger partial charge in [-0.3, -0.25) is 9.89 Å². The average molecular weight is 415 g/mol. The van der Waals surface area contributed by atoms with E-state index in [1.54, 1.807) is 12.1 Å². The van der Waals surface area contributed by atoms with Crippen LogP contribution in [0.1, 0.15) is 15.9 Å². The molecule has 0 fully saturated rings. The van der Waals surface area contributed by atoms with Gasteiger partial charge in [-0.25, -0.2) is 17.6 Å². The van der Waals surface area contributed by atoms with Crippen LogP contribution in [0, 0.1) is 23.3 Å². The minimum atomic E-state index is -1.29. The molecule has 0 atom stereocenters. The van der Waals surface area contributed by atoms with Crippen LogP contribution in [0.3, 0.4) is 0 Å². The SMILES string of the molecule is O=C(Nc1n[nH]c2ccc(OCc3cc(F)c(F)cc3F)cc12)c1ccccc1F. The summed E-state index contributed by atoms with van der Waals surface area (Å²) in [5, 5.41) is 9.70. The summed E-state index contributed by atoms with van der Waals surface area (Å²) in [5.41, 5.74) is 0.259. The highest BCUT2D eigenvalue weighted by Gasteiger charge is 2.15. The van der Waals surface area contributed by atoms with E-state index in [2.05, 4.69) is 15.5 Å². The molecule has 30 heavy (non-hydrogen) atoms. The first-order valence-electron chi connectivity index (χ1n) is 8.72. The number of fused-ring (bicyclic) bond motifs is 1. The predicted molar refractivity (Wildman–Crippen MR) is 101 cm³/mol. The fourth-order valence-electron chi connectivity index (χ4n) is 2.83. The number of aromatic nitrogens is 2. The van der Waals surface area contributed by atoms with Gasteiger partial charge < -0.3 is 10.1 Å². The van der Waals surface area contributed by atoms with Crippen molar-refractivity contribution in [1.29, 1.82) is 0 Å². The lowest BCUT2D eigenvalue weighted by atomic mass is 10.2. The Morgan fingerprint density at radius 1 is 0.933 bits per heavy atom. The molecule has 0 saturated heterocycles. The molecule has 152 valence electrons. The van der Waals surface area contributed by atoms with Crippen LogP contribution in [-0.4, -0.2) is 16.1 Å². The zero-order valence-corrected chi connectivity index (χ0v) is 15.2. The molecule has 0 bridgehead atoms. The quantitative estimate of drug-likeness (QED) is 0.358. The molecule has 4 aromatic rings. The molecule has 5 nitrogen and oxygen atoms in total. The van der Waals surface area contributed by atoms with Crippen LogP contribution in [0.15, 0.2) is 54.6 Å². The lowest BCUT2D eigenvalue weighted by Crippen LogP contribution is -2.14. The third-order valence-electron chi connectivity index (χ3n) is 4.37. The van der Waals surface area contributed by atoms with Gasteiger partial charge in [0.25, 0.3) is 5.91 Å². The maximum absolute atomic E-state index is 13.8. The molecule has 1 aromatic heterocycles. The van der Waals surface area contributed by atoms with Crippen LogP contribution in [0.4, 0.5) is 23.4 Å². The second kappa shape index (κ2) is 7.86. The van der Waals surface area contributed by atoms with Gasteiger partial charge in [0.05, 0.1) is 11.1 Å². The van der Waals surface area contributed by atoms with E-state index < -0.39 is 29.2 Å². The number of nitrogens with one attached hydrogen (secondary N) is 2. The minimum Gasteiger partial charge on any atom is -0.489 e. The van der Waals surface area contributed by atoms with Crippen LogP contribution < -0.4 is 10.1 Å². The molecule has 0 aliphatic carbocycles. The minimum absolute atomic E-state index is 0.141. The van der Waals surface area contributed by atoms with Crippen LogP contribution >= 0.6 is 0 Å². The number of halogens is 4. The lowest BCUT2D eigenvalue weighted by molar-refractivity contribution is 0.102. The van der Waals surface area contributed by atoms with E-state index in [1.165, 1.54) is 30.3 Å². The first-order chi connectivity index (χ1) is 14.4. The number of H-pyrrole nitrogens is 1. The zero-order chi connectivity index (χ0) is 21.3. The van der Waals surface area contributed by atoms with E-state index in [-0.39, 0.29) is 29.3 Å². The summed E-state index contributed by atoms with van der Waals surface area (Å²) < 4.78 is 59.4. The molecular formula is C21H13F4N3O2. The molecule has 0 aliphatic heterocycles. The second-order valence-corrected chi connectivity index (χ2v) is 6.36. The molecule has 2 N–H and O–H groups in total. The zero-order valence-electron chi connectivity index (χ0n) is 15.2. The summed E-state index contributed by atoms with van der Waals surface area (Å²) in [5.74, 6) is -4.35. The van der Waals surface area contributed by atoms with Crippen molar-refractivity contribution in [1.82, 2.24) is 10.2 Å². The van der Waals surface area contributed by atoms with Crippen molar-refractivity contribution < 1.29 is 27.1 Å². The molecule has 3 aromatic carbocycles. The third-order valence-corrected chi connectivity index (χ3v) is 4.37. The van der Waals surface area contributed by atoms with Gasteiger partial charge in [-0.15, -0.1) is 0 Å². The third kappa shape index (κ3) is 3.82. The van der Waals surface area contributed by atoms with Crippen molar-refractivity contribution in [3.8, 4) is 5.75 Å². The number of carbonyl (C=O) groups excluding carboxylic acids is 1. The van der Waals surface area contributed by atoms with Crippen LogP contribution in [-0.2, 0) is 6.61 Å². The summed E-state index contributed by atoms with van der Waals surface area (Å²) in [7, 11) is 0. The van der Waals surface area contributed by atoms with Crippen LogP contribution in [0.5, 0.6) is 5.75 Å². The normalized spacial score (nSPS) is 10.9. The lowest BCUT2D eigenvalue weighted by Gasteiger charge is -2.08. The molecule has 4 rings (SSSR count). The smallest absolute Gasteiger partial charge is 0.259 e. The Hall–Kier alpha value is -3.88. The van der Waals surface area contributed by atoms with Gasteiger partial charge in [0.15, 0.2) is 17.5 Å². The highest BCUT2D eigenvalue weighted by molar-refractivity contribution is 6.08. The number of anilines is 1. The molecular weight excluding hydrogens is 402 g/mol. The summed E-state index contributed by atoms with van der Waals surface area (Å²) in [6.07, 6.45) is 0. The maximum atomic E-state index is 13.8. The number of nitrogens with zero attached hydrogens (tertiary/aromatic N) is 1. The number of aromatic amines is 1. The number of hydrogen-bond acceptors (Lipinski definition) is 3. The number of ether oxygens (including phenoxy) is 1. The largest absolute Gasteiger partial charge is 0.489 e. The van der Waals surface area contributed by atoms with Gasteiger partial charge in [0.1, 0.15) is 24.0 Å². The fourth-order valence-corrected chi connectivity index (χ4v) is 2.83. The molecule has 0 unspecified atom stereocenters. The van der Waals surface area contributed by atoms with Gasteiger partial charge in [-0.2, -0.15) is 5.10 Å². The van der Waals surface area contributed by atoms with Crippen molar-refractivity contribution in [2.24, 2.45) is 0 Å². The van der Waals surface area contributed by atoms with Gasteiger partial charge >= 0.3 is 0 Å². The van der Waals surface area contributed by atoms with Gasteiger partial charge in [-0.1, -0.05) is 12.1 Å². The van der Waals surface area contributed by atoms with E-state index >= 15 is 0 Å². The van der Waals surface area contributed by atoms with Crippen LogP contribution in [0.25, 0.3) is 10.9 Å². The van der Waals surface area contributed by atoms with Crippen molar-refractivity contribution in [2.45, 2.75) is 6.61 Å². The Labute approximate surface area is 167 Å². The first-order valence-corrected chi connectivity index (χ1v) is 8.72. The molecule has 0 aliphatic rings. The fraction of sp³-hybridized carbons (Fsp3) is 0.0476. The summed E-state index contributed by atoms with van der Waals surface area (Å²) in [6.45, 7) is -0.344. The average Bonchev–Trinajstić information content (AvgIpc) is 3.12. The van der Waals surface area contributed by atoms with Crippen molar-refractivity contribution in [3.63, 3.8) is 0 Å². The Balaban J connectivity index is 1.55. The highest BCUT2D eigenvalue weighted by atomic mass is 19.2. The number of benzene rings is 3. The standard InChI is InChI=1S/C21H13F4N3O2/c22-15-4-2-1-3-13(15)21(29)26-20-14-8-12(5-6-19(14)27-28-20)30-10-11-7-17(24)18(25)9-16(11)23/h1-9H,10H2,(H2,26,27,28,29). The number of amides is 1. The van der Waals surface area contributed by atoms with Crippen LogP contribution in [0.2, 0.25) is 0 Å². The molecule has 0 spiro atoms. The van der Waals surface area contributed by atoms with Gasteiger partial charge in [-0.05, 0) is 36.4 Å². The summed E-state index contributed by atoms with van der Waals surface area (Å²) in [4.78, 5) is 12.3. The van der Waals surface area contributed by atoms with Gasteiger partial charge in [0.2, 0.25) is 0 Å². The van der Waals surface area contributed by atoms with Crippen molar-refractivity contribution in [2.75, 3.05) is 5.32 Å². The Morgan fingerprint density at radius 2 is 1.70 bits per heavy atom. The second-order valence-electron chi connectivity index (χ2n) is 6.36. The molecule has 9 heteroatoms. The van der Waals surface area contributed by atoms with E-state index in [1.807, 2.05) is 0 Å². The van der Waals surface area contributed by atoms with E-state index in [4.69, 9.17) is 4.74 Å². The van der Waals surface area contributed by atoms with E-state index in [0.29, 0.717) is 17.0 Å². The van der Waals surface area contributed by atoms with Crippen molar-refractivity contribution in [3.05, 3.63) is 89.0 Å². The van der Waals surface area contributed by atoms with E-state index in [9.17, 15) is 22.4 Å². The molecule has 1 heterocycles. The monoisotopic (exact) mass is 415 g/mol. The molecule has 0 radical (unpaired) electrons. The predicted octanol–water partition coefficient (Wildman–Crippen LogP) is 4.95. The molecule has 1 amide bonds. The van der Waals surface area contributed by atoms with Crippen molar-refractivity contribution >= 4 is 22.6 Å². The number of carbonyl (C=O) groups is 1. The highest BCUT2D eigenvalue weighted by Crippen LogP contribution is 2.27.